The number of benzene rings is 2. The van der Waals surface area contributed by atoms with Gasteiger partial charge in [0.15, 0.2) is 33.9 Å². The lowest BCUT2D eigenvalue weighted by atomic mass is 10.1. The number of rotatable bonds is 14. The number of carbonyl (C=O) groups excluding carboxylic acids is 4. The summed E-state index contributed by atoms with van der Waals surface area (Å²) < 4.78 is 53.4. The molecular formula is C33H35N2O12PS. The molecule has 0 aliphatic rings. The highest BCUT2D eigenvalue weighted by Gasteiger charge is 2.35. The fourth-order valence-corrected chi connectivity index (χ4v) is 7.16. The van der Waals surface area contributed by atoms with E-state index in [1.54, 1.807) is 0 Å². The first-order chi connectivity index (χ1) is 23.1. The molecule has 2 N–H and O–H groups in total. The van der Waals surface area contributed by atoms with E-state index in [-0.39, 0.29) is 53.2 Å². The molecule has 0 spiro atoms. The number of aromatic nitrogens is 1. The van der Waals surface area contributed by atoms with Crippen LogP contribution in [-0.2, 0) is 52.4 Å². The van der Waals surface area contributed by atoms with Crippen LogP contribution in [0, 0.1) is 5.92 Å². The predicted molar refractivity (Wildman–Crippen MR) is 178 cm³/mol. The van der Waals surface area contributed by atoms with Crippen LogP contribution < -0.4 is 30.0 Å². The van der Waals surface area contributed by atoms with E-state index in [9.17, 15) is 23.7 Å². The van der Waals surface area contributed by atoms with E-state index in [1.165, 1.54) is 87.8 Å². The smallest absolute Gasteiger partial charge is 0.365 e. The highest BCUT2D eigenvalue weighted by atomic mass is 32.1. The molecule has 260 valence electrons. The molecule has 2 heterocycles. The van der Waals surface area contributed by atoms with Crippen molar-refractivity contribution in [2.75, 3.05) is 5.73 Å². The van der Waals surface area contributed by atoms with Gasteiger partial charge < -0.3 is 38.1 Å². The molecule has 0 radical (unpaired) electrons. The molecule has 0 amide bonds. The topological polar surface area (TPSA) is 193 Å². The predicted octanol–water partition coefficient (Wildman–Crippen LogP) is 6.14. The summed E-state index contributed by atoms with van der Waals surface area (Å²) in [6.07, 6.45) is 1.95. The van der Waals surface area contributed by atoms with Crippen LogP contribution in [0.3, 0.4) is 0 Å². The van der Waals surface area contributed by atoms with E-state index in [4.69, 9.17) is 38.1 Å². The molecule has 2 aromatic heterocycles. The zero-order valence-corrected chi connectivity index (χ0v) is 29.3. The number of hydrogen-bond acceptors (Lipinski definition) is 15. The van der Waals surface area contributed by atoms with Gasteiger partial charge in [-0.3, -0.25) is 23.7 Å². The van der Waals surface area contributed by atoms with Crippen molar-refractivity contribution in [2.24, 2.45) is 5.92 Å². The van der Waals surface area contributed by atoms with Crippen LogP contribution in [0.15, 0.2) is 53.1 Å². The van der Waals surface area contributed by atoms with Crippen LogP contribution in [0.1, 0.15) is 57.5 Å². The van der Waals surface area contributed by atoms with Gasteiger partial charge in [0.1, 0.15) is 11.0 Å². The van der Waals surface area contributed by atoms with E-state index < -0.39 is 31.5 Å². The first kappa shape index (κ1) is 37.0. The normalized spacial score (nSPS) is 11.3. The number of esters is 4. The highest BCUT2D eigenvalue weighted by molar-refractivity contribution is 7.62. The van der Waals surface area contributed by atoms with Crippen LogP contribution in [0.25, 0.3) is 11.5 Å². The summed E-state index contributed by atoms with van der Waals surface area (Å²) in [7, 11) is -4.31. The van der Waals surface area contributed by atoms with Gasteiger partial charge in [-0.05, 0) is 53.8 Å². The number of nitrogens with two attached hydrogens (primary N) is 1. The van der Waals surface area contributed by atoms with Gasteiger partial charge in [-0.15, -0.1) is 11.3 Å². The van der Waals surface area contributed by atoms with Gasteiger partial charge in [0.2, 0.25) is 0 Å². The van der Waals surface area contributed by atoms with Gasteiger partial charge in [0, 0.05) is 32.6 Å². The summed E-state index contributed by atoms with van der Waals surface area (Å²) >= 11 is 1.29. The molecule has 14 nitrogen and oxygen atoms in total. The Morgan fingerprint density at radius 3 is 1.69 bits per heavy atom. The lowest BCUT2D eigenvalue weighted by molar-refractivity contribution is -0.134. The van der Waals surface area contributed by atoms with Crippen molar-refractivity contribution >= 4 is 53.2 Å². The summed E-state index contributed by atoms with van der Waals surface area (Å²) in [4.78, 5) is 51.9. The number of anilines is 1. The van der Waals surface area contributed by atoms with E-state index >= 15 is 0 Å². The Kier molecular flexibility index (Phi) is 12.1. The Morgan fingerprint density at radius 2 is 1.24 bits per heavy atom. The molecule has 2 aromatic carbocycles. The lowest BCUT2D eigenvalue weighted by Crippen LogP contribution is -2.13. The number of thiazole rings is 1. The van der Waals surface area contributed by atoms with Crippen molar-refractivity contribution in [1.82, 2.24) is 4.98 Å². The van der Waals surface area contributed by atoms with Crippen molar-refractivity contribution in [2.45, 2.75) is 61.2 Å². The standard InChI is InChI=1S/C33H35N2O12PS/c1-18(2)13-30-31(35-33(34)49-30)32-29(11-12-41-32)48(40,42-16-23-7-9-25(44-19(3)36)27(14-23)46-21(5)38)43-17-24-8-10-26(45-20(4)37)28(15-24)47-22(6)39/h7-12,14-15,18H,13,16-17H2,1-6H3,(H2,34,35). The maximum atomic E-state index is 14.8. The van der Waals surface area contributed by atoms with E-state index in [1.807, 2.05) is 13.8 Å². The molecule has 0 atom stereocenters. The minimum Gasteiger partial charge on any atom is -0.462 e. The Morgan fingerprint density at radius 1 is 0.776 bits per heavy atom. The number of nitrogen functional groups attached to an aromatic ring is 1. The van der Waals surface area contributed by atoms with Crippen LogP contribution in [-0.4, -0.2) is 28.9 Å². The average Bonchev–Trinajstić information content (AvgIpc) is 3.63. The van der Waals surface area contributed by atoms with E-state index in [2.05, 4.69) is 4.98 Å². The monoisotopic (exact) mass is 714 g/mol. The summed E-state index contributed by atoms with van der Waals surface area (Å²) in [5, 5.41) is 0.359. The first-order valence-corrected chi connectivity index (χ1v) is 17.2. The van der Waals surface area contributed by atoms with Crippen molar-refractivity contribution < 1.29 is 56.2 Å². The van der Waals surface area contributed by atoms with Crippen LogP contribution >= 0.6 is 18.9 Å². The number of ether oxygens (including phenoxy) is 4. The van der Waals surface area contributed by atoms with Gasteiger partial charge in [0.05, 0.1) is 19.5 Å². The molecule has 49 heavy (non-hydrogen) atoms. The van der Waals surface area contributed by atoms with Crippen molar-refractivity contribution in [3.8, 4) is 34.5 Å². The number of carbonyl (C=O) groups is 4. The largest absolute Gasteiger partial charge is 0.462 e. The minimum atomic E-state index is -4.31. The third kappa shape index (κ3) is 10.1. The Bertz CT molecular complexity index is 1830. The van der Waals surface area contributed by atoms with Gasteiger partial charge in [-0.1, -0.05) is 26.0 Å². The van der Waals surface area contributed by atoms with Gasteiger partial charge in [0.25, 0.3) is 0 Å². The number of nitrogens with zero attached hydrogens (tertiary/aromatic N) is 1. The molecular weight excluding hydrogens is 679 g/mol. The summed E-state index contributed by atoms with van der Waals surface area (Å²) in [5.41, 5.74) is 7.25. The fourth-order valence-electron chi connectivity index (χ4n) is 4.48. The molecule has 0 saturated carbocycles. The maximum absolute atomic E-state index is 14.8. The molecule has 4 aromatic rings. The van der Waals surface area contributed by atoms with Crippen molar-refractivity contribution in [3.63, 3.8) is 0 Å². The number of furan rings is 1. The van der Waals surface area contributed by atoms with Crippen molar-refractivity contribution in [3.05, 3.63) is 64.7 Å². The van der Waals surface area contributed by atoms with Gasteiger partial charge in [-0.25, -0.2) is 4.98 Å². The molecule has 4 rings (SSSR count). The fraction of sp³-hybridized carbons (Fsp3) is 0.303. The SMILES string of the molecule is CC(=O)Oc1ccc(COP(=O)(OCc2ccc(OC(C)=O)c(OC(C)=O)c2)c2ccoc2-c2nc(N)sc2CC(C)C)cc1OC(C)=O. The summed E-state index contributed by atoms with van der Waals surface area (Å²) in [5.74, 6) is -2.27. The maximum Gasteiger partial charge on any atom is 0.365 e. The third-order valence-electron chi connectivity index (χ3n) is 6.30. The Labute approximate surface area is 285 Å². The zero-order chi connectivity index (χ0) is 35.9. The third-order valence-corrected chi connectivity index (χ3v) is 9.08. The molecule has 16 heteroatoms. The van der Waals surface area contributed by atoms with Crippen LogP contribution in [0.4, 0.5) is 5.13 Å². The van der Waals surface area contributed by atoms with Crippen LogP contribution in [0.2, 0.25) is 0 Å². The molecule has 0 unspecified atom stereocenters. The van der Waals surface area contributed by atoms with Crippen LogP contribution in [0.5, 0.6) is 23.0 Å². The van der Waals surface area contributed by atoms with E-state index in [0.717, 1.165) is 4.88 Å². The van der Waals surface area contributed by atoms with Crippen molar-refractivity contribution in [1.29, 1.82) is 0 Å². The number of hydrogen-bond donors (Lipinski definition) is 1. The minimum absolute atomic E-state index is 0.00240. The summed E-state index contributed by atoms with van der Waals surface area (Å²) in [6.45, 7) is 8.21. The lowest BCUT2D eigenvalue weighted by Gasteiger charge is -2.20. The summed E-state index contributed by atoms with van der Waals surface area (Å²) in [6, 6.07) is 10.1. The molecule has 0 aliphatic heterocycles. The second kappa shape index (κ2) is 16.1. The molecule has 0 aliphatic carbocycles. The first-order valence-electron chi connectivity index (χ1n) is 14.9. The molecule has 0 saturated heterocycles. The average molecular weight is 715 g/mol. The highest BCUT2D eigenvalue weighted by Crippen LogP contribution is 2.52. The zero-order valence-electron chi connectivity index (χ0n) is 27.6. The van der Waals surface area contributed by atoms with E-state index in [0.29, 0.717) is 28.4 Å². The molecule has 0 bridgehead atoms. The Hall–Kier alpha value is -4.82. The quantitative estimate of drug-likeness (QED) is 0.0890. The molecule has 0 fully saturated rings. The second-order valence-electron chi connectivity index (χ2n) is 11.0. The second-order valence-corrected chi connectivity index (χ2v) is 14.1. The Balaban J connectivity index is 1.73. The van der Waals surface area contributed by atoms with Gasteiger partial charge in [-0.2, -0.15) is 0 Å². The van der Waals surface area contributed by atoms with Gasteiger partial charge >= 0.3 is 31.5 Å².